The number of nitrogen functional groups attached to an aromatic ring is 1. The van der Waals surface area contributed by atoms with Gasteiger partial charge in [0.05, 0.1) is 5.69 Å². The first kappa shape index (κ1) is 13.7. The summed E-state index contributed by atoms with van der Waals surface area (Å²) >= 11 is 0. The normalized spacial score (nSPS) is 10.2. The molecule has 0 heterocycles. The maximum atomic E-state index is 13.3. The molecule has 7 heteroatoms. The van der Waals surface area contributed by atoms with E-state index in [1.807, 2.05) is 0 Å². The quantitative estimate of drug-likeness (QED) is 0.584. The fourth-order valence-electron chi connectivity index (χ4n) is 1.47. The van der Waals surface area contributed by atoms with E-state index in [0.717, 1.165) is 0 Å². The van der Waals surface area contributed by atoms with E-state index in [4.69, 9.17) is 5.73 Å². The Balaban J connectivity index is 2.08. The van der Waals surface area contributed by atoms with Crippen LogP contribution in [0.3, 0.4) is 0 Å². The Kier molecular flexibility index (Phi) is 3.79. The van der Waals surface area contributed by atoms with Crippen molar-refractivity contribution in [3.05, 3.63) is 53.8 Å². The molecule has 2 amide bonds. The van der Waals surface area contributed by atoms with Crippen LogP contribution in [0.5, 0.6) is 0 Å². The van der Waals surface area contributed by atoms with Crippen LogP contribution in [0, 0.1) is 17.5 Å². The number of benzene rings is 2. The summed E-state index contributed by atoms with van der Waals surface area (Å²) in [5.41, 5.74) is 5.95. The Labute approximate surface area is 112 Å². The molecule has 4 nitrogen and oxygen atoms in total. The fourth-order valence-corrected chi connectivity index (χ4v) is 1.47. The number of nitrogens with two attached hydrogens (primary N) is 1. The van der Waals surface area contributed by atoms with E-state index < -0.39 is 29.2 Å². The molecule has 2 rings (SSSR count). The van der Waals surface area contributed by atoms with Gasteiger partial charge in [0.2, 0.25) is 0 Å². The molecular weight excluding hydrogens is 271 g/mol. The second-order valence-electron chi connectivity index (χ2n) is 3.95. The molecule has 20 heavy (non-hydrogen) atoms. The molecular formula is C13H10F3N3O. The molecule has 0 atom stereocenters. The molecule has 0 aromatic heterocycles. The Morgan fingerprint density at radius 1 is 0.900 bits per heavy atom. The van der Waals surface area contributed by atoms with Crippen LogP contribution in [0.1, 0.15) is 0 Å². The number of urea groups is 1. The summed E-state index contributed by atoms with van der Waals surface area (Å²) in [6, 6.07) is 6.33. The number of anilines is 3. The van der Waals surface area contributed by atoms with Crippen LogP contribution in [0.15, 0.2) is 36.4 Å². The zero-order valence-electron chi connectivity index (χ0n) is 10.1. The third kappa shape index (κ3) is 3.19. The van der Waals surface area contributed by atoms with Crippen LogP contribution < -0.4 is 16.4 Å². The first-order valence-electron chi connectivity index (χ1n) is 5.54. The zero-order chi connectivity index (χ0) is 14.7. The van der Waals surface area contributed by atoms with Crippen molar-refractivity contribution in [1.29, 1.82) is 0 Å². The van der Waals surface area contributed by atoms with Crippen LogP contribution in [-0.2, 0) is 0 Å². The number of hydrogen-bond acceptors (Lipinski definition) is 2. The second-order valence-corrected chi connectivity index (χ2v) is 3.95. The van der Waals surface area contributed by atoms with Crippen molar-refractivity contribution in [2.45, 2.75) is 0 Å². The highest BCUT2D eigenvalue weighted by atomic mass is 19.2. The Bertz CT molecular complexity index is 644. The van der Waals surface area contributed by atoms with Crippen LogP contribution in [0.4, 0.5) is 35.0 Å². The van der Waals surface area contributed by atoms with Crippen molar-refractivity contribution < 1.29 is 18.0 Å². The highest BCUT2D eigenvalue weighted by Gasteiger charge is 2.12. The van der Waals surface area contributed by atoms with Gasteiger partial charge in [0.25, 0.3) is 0 Å². The Morgan fingerprint density at radius 2 is 1.50 bits per heavy atom. The fraction of sp³-hybridized carbons (Fsp3) is 0. The summed E-state index contributed by atoms with van der Waals surface area (Å²) in [7, 11) is 0. The Hall–Kier alpha value is -2.70. The number of rotatable bonds is 2. The minimum atomic E-state index is -1.33. The standard InChI is InChI=1S/C13H10F3N3O/c14-9-5-11(16)12(6-10(9)15)19-13(20)18-8-3-1-7(17)2-4-8/h1-6H,17H2,(H2,18,19,20). The summed E-state index contributed by atoms with van der Waals surface area (Å²) < 4.78 is 39.0. The van der Waals surface area contributed by atoms with Gasteiger partial charge in [-0.15, -0.1) is 0 Å². The molecule has 0 radical (unpaired) electrons. The molecule has 0 spiro atoms. The van der Waals surface area contributed by atoms with Crippen LogP contribution in [0.25, 0.3) is 0 Å². The number of nitrogens with one attached hydrogen (secondary N) is 2. The molecule has 2 aromatic rings. The maximum absolute atomic E-state index is 13.3. The molecule has 104 valence electrons. The van der Waals surface area contributed by atoms with Crippen molar-refractivity contribution in [3.63, 3.8) is 0 Å². The van der Waals surface area contributed by atoms with Gasteiger partial charge in [-0.3, -0.25) is 0 Å². The molecule has 0 saturated heterocycles. The molecule has 0 aliphatic carbocycles. The maximum Gasteiger partial charge on any atom is 0.323 e. The van der Waals surface area contributed by atoms with Crippen molar-refractivity contribution in [2.75, 3.05) is 16.4 Å². The van der Waals surface area contributed by atoms with Gasteiger partial charge >= 0.3 is 6.03 Å². The zero-order valence-corrected chi connectivity index (χ0v) is 10.1. The molecule has 0 bridgehead atoms. The molecule has 0 aliphatic rings. The molecule has 0 aliphatic heterocycles. The van der Waals surface area contributed by atoms with E-state index >= 15 is 0 Å². The van der Waals surface area contributed by atoms with Gasteiger partial charge in [-0.05, 0) is 24.3 Å². The van der Waals surface area contributed by atoms with Crippen molar-refractivity contribution in [3.8, 4) is 0 Å². The van der Waals surface area contributed by atoms with Gasteiger partial charge in [-0.1, -0.05) is 0 Å². The third-order valence-electron chi connectivity index (χ3n) is 2.43. The number of amides is 2. The predicted octanol–water partition coefficient (Wildman–Crippen LogP) is 3.33. The smallest absolute Gasteiger partial charge is 0.323 e. The summed E-state index contributed by atoms with van der Waals surface area (Å²) in [6.07, 6.45) is 0. The lowest BCUT2D eigenvalue weighted by Crippen LogP contribution is -2.20. The van der Waals surface area contributed by atoms with E-state index in [0.29, 0.717) is 23.5 Å². The van der Waals surface area contributed by atoms with E-state index in [9.17, 15) is 18.0 Å². The average molecular weight is 281 g/mol. The highest BCUT2D eigenvalue weighted by molar-refractivity contribution is 5.99. The third-order valence-corrected chi connectivity index (χ3v) is 2.43. The molecule has 0 fully saturated rings. The average Bonchev–Trinajstić information content (AvgIpc) is 2.39. The summed E-state index contributed by atoms with van der Waals surface area (Å²) in [5.74, 6) is -3.66. The minimum absolute atomic E-state index is 0.355. The number of hydrogen-bond donors (Lipinski definition) is 3. The van der Waals surface area contributed by atoms with Crippen molar-refractivity contribution in [2.24, 2.45) is 0 Å². The molecule has 0 unspecified atom stereocenters. The molecule has 4 N–H and O–H groups in total. The lowest BCUT2D eigenvalue weighted by atomic mass is 10.3. The number of carbonyl (C=O) groups excluding carboxylic acids is 1. The lowest BCUT2D eigenvalue weighted by molar-refractivity contribution is 0.262. The first-order valence-corrected chi connectivity index (χ1v) is 5.54. The van der Waals surface area contributed by atoms with Crippen LogP contribution >= 0.6 is 0 Å². The molecule has 2 aromatic carbocycles. The van der Waals surface area contributed by atoms with Gasteiger partial charge in [-0.2, -0.15) is 0 Å². The topological polar surface area (TPSA) is 67.1 Å². The van der Waals surface area contributed by atoms with E-state index in [2.05, 4.69) is 10.6 Å². The first-order chi connectivity index (χ1) is 9.45. The van der Waals surface area contributed by atoms with Crippen molar-refractivity contribution in [1.82, 2.24) is 0 Å². The highest BCUT2D eigenvalue weighted by Crippen LogP contribution is 2.19. The van der Waals surface area contributed by atoms with E-state index in [-0.39, 0.29) is 0 Å². The largest absolute Gasteiger partial charge is 0.399 e. The van der Waals surface area contributed by atoms with Gasteiger partial charge in [0, 0.05) is 23.5 Å². The van der Waals surface area contributed by atoms with E-state index in [1.165, 1.54) is 12.1 Å². The SMILES string of the molecule is Nc1ccc(NC(=O)Nc2cc(F)c(F)cc2F)cc1. The van der Waals surface area contributed by atoms with Gasteiger partial charge < -0.3 is 16.4 Å². The van der Waals surface area contributed by atoms with Gasteiger partial charge in [0.15, 0.2) is 11.6 Å². The molecule has 0 saturated carbocycles. The van der Waals surface area contributed by atoms with Gasteiger partial charge in [-0.25, -0.2) is 18.0 Å². The number of carbonyl (C=O) groups is 1. The van der Waals surface area contributed by atoms with Crippen LogP contribution in [0.2, 0.25) is 0 Å². The summed E-state index contributed by atoms with van der Waals surface area (Å²) in [5, 5.41) is 4.47. The number of halogens is 3. The second kappa shape index (κ2) is 5.52. The summed E-state index contributed by atoms with van der Waals surface area (Å²) in [6.45, 7) is 0. The summed E-state index contributed by atoms with van der Waals surface area (Å²) in [4.78, 5) is 11.6. The van der Waals surface area contributed by atoms with Crippen LogP contribution in [-0.4, -0.2) is 6.03 Å². The van der Waals surface area contributed by atoms with Crippen molar-refractivity contribution >= 4 is 23.1 Å². The monoisotopic (exact) mass is 281 g/mol. The lowest BCUT2D eigenvalue weighted by Gasteiger charge is -2.09. The predicted molar refractivity (Wildman–Crippen MR) is 69.8 cm³/mol. The van der Waals surface area contributed by atoms with Gasteiger partial charge in [0.1, 0.15) is 5.82 Å². The van der Waals surface area contributed by atoms with E-state index in [1.54, 1.807) is 12.1 Å². The minimum Gasteiger partial charge on any atom is -0.399 e. The Morgan fingerprint density at radius 3 is 2.15 bits per heavy atom.